The lowest BCUT2D eigenvalue weighted by molar-refractivity contribution is -0.384. The zero-order valence-electron chi connectivity index (χ0n) is 13.8. The van der Waals surface area contributed by atoms with Gasteiger partial charge < -0.3 is 10.1 Å². The number of hydrogen-bond acceptors (Lipinski definition) is 5. The molecule has 0 aliphatic carbocycles. The van der Waals surface area contributed by atoms with E-state index in [9.17, 15) is 19.7 Å². The summed E-state index contributed by atoms with van der Waals surface area (Å²) in [5, 5.41) is 14.0. The summed E-state index contributed by atoms with van der Waals surface area (Å²) in [6.07, 6.45) is 0. The smallest absolute Gasteiger partial charge is 0.340 e. The molecular weight excluding hydrogens is 383 g/mol. The number of carbonyl (C=O) groups is 2. The van der Waals surface area contributed by atoms with Gasteiger partial charge in [0.1, 0.15) is 5.69 Å². The molecule has 0 aliphatic heterocycles. The van der Waals surface area contributed by atoms with Gasteiger partial charge in [-0.05, 0) is 43.2 Å². The van der Waals surface area contributed by atoms with Crippen molar-refractivity contribution in [3.05, 3.63) is 67.2 Å². The molecule has 7 nitrogen and oxygen atoms in total. The number of carbonyl (C=O) groups excluding carboxylic acids is 2. The molecular formula is C17H14Cl2N2O5. The van der Waals surface area contributed by atoms with Crippen LogP contribution in [0.3, 0.4) is 0 Å². The van der Waals surface area contributed by atoms with Gasteiger partial charge in [0.25, 0.3) is 11.6 Å². The van der Waals surface area contributed by atoms with Crippen LogP contribution in [0.1, 0.15) is 21.5 Å². The van der Waals surface area contributed by atoms with Crippen molar-refractivity contribution in [1.82, 2.24) is 0 Å². The molecule has 0 radical (unpaired) electrons. The summed E-state index contributed by atoms with van der Waals surface area (Å²) in [4.78, 5) is 34.6. The number of nitrogens with zero attached hydrogens (tertiary/aromatic N) is 1. The maximum absolute atomic E-state index is 12.1. The number of aryl methyl sites for hydroxylation is 1. The summed E-state index contributed by atoms with van der Waals surface area (Å²) in [6.45, 7) is 2.79. The highest BCUT2D eigenvalue weighted by Gasteiger charge is 2.20. The zero-order chi connectivity index (χ0) is 19.4. The Kier molecular flexibility index (Phi) is 6.18. The predicted molar refractivity (Wildman–Crippen MR) is 97.9 cm³/mol. The summed E-state index contributed by atoms with van der Waals surface area (Å²) in [6, 6.07) is 7.10. The Hall–Kier alpha value is -2.64. The summed E-state index contributed by atoms with van der Waals surface area (Å²) in [7, 11) is 0. The SMILES string of the molecule is Cc1ccc([N+](=O)[O-])c(NC(=O)COC(=O)c2ccc(Cl)cc2Cl)c1C. The Morgan fingerprint density at radius 3 is 2.50 bits per heavy atom. The van der Waals surface area contributed by atoms with Crippen LogP contribution in [0.4, 0.5) is 11.4 Å². The monoisotopic (exact) mass is 396 g/mol. The first-order valence-electron chi connectivity index (χ1n) is 7.37. The number of nitrogens with one attached hydrogen (secondary N) is 1. The molecule has 0 saturated carbocycles. The Morgan fingerprint density at radius 2 is 1.88 bits per heavy atom. The van der Waals surface area contributed by atoms with E-state index in [4.69, 9.17) is 27.9 Å². The number of esters is 1. The molecule has 1 amide bonds. The molecule has 2 rings (SSSR count). The molecule has 26 heavy (non-hydrogen) atoms. The lowest BCUT2D eigenvalue weighted by Crippen LogP contribution is -2.22. The van der Waals surface area contributed by atoms with Crippen LogP contribution in [0.25, 0.3) is 0 Å². The standard InChI is InChI=1S/C17H14Cl2N2O5/c1-9-3-6-14(21(24)25)16(10(9)2)20-15(22)8-26-17(23)12-5-4-11(18)7-13(12)19/h3-7H,8H2,1-2H3,(H,20,22). The first-order valence-corrected chi connectivity index (χ1v) is 8.13. The molecule has 0 bridgehead atoms. The van der Waals surface area contributed by atoms with Crippen molar-refractivity contribution < 1.29 is 19.2 Å². The van der Waals surface area contributed by atoms with E-state index in [1.54, 1.807) is 19.9 Å². The molecule has 0 fully saturated rings. The fraction of sp³-hybridized carbons (Fsp3) is 0.176. The fourth-order valence-corrected chi connectivity index (χ4v) is 2.64. The van der Waals surface area contributed by atoms with E-state index >= 15 is 0 Å². The molecule has 136 valence electrons. The highest BCUT2D eigenvalue weighted by Crippen LogP contribution is 2.30. The second-order valence-corrected chi connectivity index (χ2v) is 6.25. The average Bonchev–Trinajstić information content (AvgIpc) is 2.56. The Labute approximate surface area is 159 Å². The third-order valence-electron chi connectivity index (χ3n) is 3.66. The Balaban J connectivity index is 2.09. The van der Waals surface area contributed by atoms with Crippen molar-refractivity contribution in [3.8, 4) is 0 Å². The normalized spacial score (nSPS) is 10.3. The van der Waals surface area contributed by atoms with E-state index in [1.807, 2.05) is 0 Å². The number of benzene rings is 2. The molecule has 0 unspecified atom stereocenters. The highest BCUT2D eigenvalue weighted by atomic mass is 35.5. The molecule has 0 saturated heterocycles. The van der Waals surface area contributed by atoms with Gasteiger partial charge in [0.2, 0.25) is 0 Å². The number of anilines is 1. The maximum Gasteiger partial charge on any atom is 0.340 e. The predicted octanol–water partition coefficient (Wildman–Crippen LogP) is 4.31. The summed E-state index contributed by atoms with van der Waals surface area (Å²) < 4.78 is 4.90. The molecule has 2 aromatic rings. The van der Waals surface area contributed by atoms with Crippen LogP contribution in [0.5, 0.6) is 0 Å². The van der Waals surface area contributed by atoms with E-state index in [2.05, 4.69) is 5.32 Å². The van der Waals surface area contributed by atoms with E-state index in [1.165, 1.54) is 24.3 Å². The van der Waals surface area contributed by atoms with Gasteiger partial charge in [-0.2, -0.15) is 0 Å². The van der Waals surface area contributed by atoms with Crippen molar-refractivity contribution in [2.75, 3.05) is 11.9 Å². The lowest BCUT2D eigenvalue weighted by Gasteiger charge is -2.11. The van der Waals surface area contributed by atoms with Gasteiger partial charge in [-0.1, -0.05) is 29.3 Å². The molecule has 0 atom stereocenters. The molecule has 0 aliphatic rings. The number of ether oxygens (including phenoxy) is 1. The van der Waals surface area contributed by atoms with Crippen molar-refractivity contribution in [2.45, 2.75) is 13.8 Å². The van der Waals surface area contributed by atoms with E-state index in [-0.39, 0.29) is 22.0 Å². The van der Waals surface area contributed by atoms with Gasteiger partial charge >= 0.3 is 5.97 Å². The number of nitro groups is 1. The van der Waals surface area contributed by atoms with Crippen LogP contribution >= 0.6 is 23.2 Å². The van der Waals surface area contributed by atoms with Gasteiger partial charge in [0.05, 0.1) is 15.5 Å². The molecule has 0 heterocycles. The van der Waals surface area contributed by atoms with Gasteiger partial charge in [0.15, 0.2) is 6.61 Å². The van der Waals surface area contributed by atoms with Gasteiger partial charge in [0, 0.05) is 11.1 Å². The second kappa shape index (κ2) is 8.16. The maximum atomic E-state index is 12.1. The number of amides is 1. The topological polar surface area (TPSA) is 98.5 Å². The van der Waals surface area contributed by atoms with Crippen molar-refractivity contribution in [3.63, 3.8) is 0 Å². The minimum Gasteiger partial charge on any atom is -0.452 e. The minimum atomic E-state index is -0.808. The van der Waals surface area contributed by atoms with E-state index in [0.29, 0.717) is 10.6 Å². The van der Waals surface area contributed by atoms with Gasteiger partial charge in [-0.25, -0.2) is 4.79 Å². The van der Waals surface area contributed by atoms with Crippen molar-refractivity contribution in [1.29, 1.82) is 0 Å². The second-order valence-electron chi connectivity index (χ2n) is 5.41. The molecule has 0 aromatic heterocycles. The van der Waals surface area contributed by atoms with E-state index < -0.39 is 23.4 Å². The third kappa shape index (κ3) is 4.50. The number of nitro benzene ring substituents is 1. The Morgan fingerprint density at radius 1 is 1.19 bits per heavy atom. The van der Waals surface area contributed by atoms with Gasteiger partial charge in [-0.3, -0.25) is 14.9 Å². The first-order chi connectivity index (χ1) is 12.2. The van der Waals surface area contributed by atoms with Crippen LogP contribution in [0, 0.1) is 24.0 Å². The lowest BCUT2D eigenvalue weighted by atomic mass is 10.1. The van der Waals surface area contributed by atoms with Crippen LogP contribution in [0.15, 0.2) is 30.3 Å². The fourth-order valence-electron chi connectivity index (χ4n) is 2.15. The zero-order valence-corrected chi connectivity index (χ0v) is 15.4. The third-order valence-corrected chi connectivity index (χ3v) is 4.21. The van der Waals surface area contributed by atoms with Crippen LogP contribution in [-0.2, 0) is 9.53 Å². The highest BCUT2D eigenvalue weighted by molar-refractivity contribution is 6.36. The summed E-state index contributed by atoms with van der Waals surface area (Å²) >= 11 is 11.7. The molecule has 1 N–H and O–H groups in total. The van der Waals surface area contributed by atoms with Crippen LogP contribution < -0.4 is 5.32 Å². The van der Waals surface area contributed by atoms with E-state index in [0.717, 1.165) is 5.56 Å². The summed E-state index contributed by atoms with van der Waals surface area (Å²) in [5.74, 6) is -1.52. The van der Waals surface area contributed by atoms with Crippen LogP contribution in [-0.4, -0.2) is 23.4 Å². The number of rotatable bonds is 5. The quantitative estimate of drug-likeness (QED) is 0.461. The largest absolute Gasteiger partial charge is 0.452 e. The molecule has 2 aromatic carbocycles. The summed E-state index contributed by atoms with van der Waals surface area (Å²) in [5.41, 5.74) is 1.21. The number of hydrogen-bond donors (Lipinski definition) is 1. The van der Waals surface area contributed by atoms with Crippen molar-refractivity contribution in [2.24, 2.45) is 0 Å². The Bertz CT molecular complexity index is 899. The number of halogens is 2. The minimum absolute atomic E-state index is 0.0570. The molecule has 9 heteroatoms. The average molecular weight is 397 g/mol. The molecule has 0 spiro atoms. The first kappa shape index (κ1) is 19.7. The van der Waals surface area contributed by atoms with Crippen LogP contribution in [0.2, 0.25) is 10.0 Å². The van der Waals surface area contributed by atoms with Gasteiger partial charge in [-0.15, -0.1) is 0 Å². The van der Waals surface area contributed by atoms with Crippen molar-refractivity contribution >= 4 is 46.5 Å².